The van der Waals surface area contributed by atoms with Crippen LogP contribution in [0, 0.1) is 13.8 Å². The number of nitrogens with zero attached hydrogens (tertiary/aromatic N) is 4. The molecule has 0 N–H and O–H groups in total. The number of rotatable bonds is 5. The number of aromatic nitrogens is 2. The van der Waals surface area contributed by atoms with Gasteiger partial charge in [0.25, 0.3) is 5.91 Å². The highest BCUT2D eigenvalue weighted by molar-refractivity contribution is 6.33. The molecule has 1 saturated heterocycles. The second-order valence-corrected chi connectivity index (χ2v) is 9.58. The highest BCUT2D eigenvalue weighted by atomic mass is 35.5. The van der Waals surface area contributed by atoms with Gasteiger partial charge >= 0.3 is 0 Å². The summed E-state index contributed by atoms with van der Waals surface area (Å²) in [5.41, 5.74) is 5.36. The molecule has 5 rings (SSSR count). The minimum Gasteiger partial charge on any atom is -0.353 e. The van der Waals surface area contributed by atoms with E-state index in [4.69, 9.17) is 21.6 Å². The van der Waals surface area contributed by atoms with Gasteiger partial charge in [-0.25, -0.2) is 9.97 Å². The third-order valence-corrected chi connectivity index (χ3v) is 6.92. The number of hydrogen-bond donors (Lipinski definition) is 0. The molecular weight excluding hydrogens is 432 g/mol. The largest absolute Gasteiger partial charge is 0.353 e. The van der Waals surface area contributed by atoms with Crippen molar-refractivity contribution in [3.8, 4) is 0 Å². The van der Waals surface area contributed by atoms with Gasteiger partial charge < -0.3 is 9.80 Å². The maximum Gasteiger partial charge on any atom is 0.255 e. The molecule has 5 nitrogen and oxygen atoms in total. The molecule has 2 aliphatic rings. The standard InChI is InChI=1S/C27H29ClN4O/c1-18-6-5-7-20(16-18)17-23-19(2)29-25(21-10-11-21)30-26(23)31-12-14-32(15-13-31)27(33)22-8-3-4-9-24(22)28/h3-9,16,21H,10-15,17H2,1-2H3. The summed E-state index contributed by atoms with van der Waals surface area (Å²) >= 11 is 6.27. The number of carbonyl (C=O) groups is 1. The van der Waals surface area contributed by atoms with Crippen LogP contribution in [0.25, 0.3) is 0 Å². The van der Waals surface area contributed by atoms with Crippen LogP contribution in [0.3, 0.4) is 0 Å². The van der Waals surface area contributed by atoms with Gasteiger partial charge in [-0.05, 0) is 44.4 Å². The Morgan fingerprint density at radius 3 is 2.45 bits per heavy atom. The number of halogens is 1. The van der Waals surface area contributed by atoms with Crippen LogP contribution in [-0.4, -0.2) is 47.0 Å². The molecule has 1 aliphatic heterocycles. The summed E-state index contributed by atoms with van der Waals surface area (Å²) in [6.45, 7) is 7.03. The Kier molecular flexibility index (Phi) is 6.07. The van der Waals surface area contributed by atoms with Crippen LogP contribution in [0.1, 0.15) is 57.3 Å². The number of piperazine rings is 1. The van der Waals surface area contributed by atoms with Crippen LogP contribution < -0.4 is 4.90 Å². The van der Waals surface area contributed by atoms with Crippen LogP contribution in [0.15, 0.2) is 48.5 Å². The number of anilines is 1. The summed E-state index contributed by atoms with van der Waals surface area (Å²) < 4.78 is 0. The Morgan fingerprint density at radius 1 is 1.00 bits per heavy atom. The van der Waals surface area contributed by atoms with Crippen LogP contribution in [0.2, 0.25) is 5.02 Å². The Hall–Kier alpha value is -2.92. The van der Waals surface area contributed by atoms with Crippen LogP contribution in [0.4, 0.5) is 5.82 Å². The van der Waals surface area contributed by atoms with Crippen molar-refractivity contribution in [1.82, 2.24) is 14.9 Å². The van der Waals surface area contributed by atoms with Crippen LogP contribution in [-0.2, 0) is 6.42 Å². The van der Waals surface area contributed by atoms with E-state index in [2.05, 4.69) is 43.0 Å². The van der Waals surface area contributed by atoms with E-state index < -0.39 is 0 Å². The van der Waals surface area contributed by atoms with E-state index in [1.54, 1.807) is 12.1 Å². The molecule has 2 heterocycles. The molecule has 3 aromatic rings. The Bertz CT molecular complexity index is 1180. The van der Waals surface area contributed by atoms with Gasteiger partial charge in [-0.15, -0.1) is 0 Å². The lowest BCUT2D eigenvalue weighted by Gasteiger charge is -2.36. The fourth-order valence-electron chi connectivity index (χ4n) is 4.55. The van der Waals surface area contributed by atoms with Gasteiger partial charge in [0.1, 0.15) is 11.6 Å². The van der Waals surface area contributed by atoms with Crippen molar-refractivity contribution < 1.29 is 4.79 Å². The average Bonchev–Trinajstić information content (AvgIpc) is 3.66. The monoisotopic (exact) mass is 460 g/mol. The van der Waals surface area contributed by atoms with Gasteiger partial charge in [0.15, 0.2) is 0 Å². The third kappa shape index (κ3) is 4.74. The van der Waals surface area contributed by atoms with Crippen molar-refractivity contribution in [3.63, 3.8) is 0 Å². The average molecular weight is 461 g/mol. The molecule has 0 bridgehead atoms. The second kappa shape index (κ2) is 9.14. The second-order valence-electron chi connectivity index (χ2n) is 9.17. The van der Waals surface area contributed by atoms with Crippen molar-refractivity contribution in [2.24, 2.45) is 0 Å². The number of aryl methyl sites for hydroxylation is 2. The van der Waals surface area contributed by atoms with E-state index in [-0.39, 0.29) is 5.91 Å². The quantitative estimate of drug-likeness (QED) is 0.526. The van der Waals surface area contributed by atoms with E-state index in [0.29, 0.717) is 29.6 Å². The van der Waals surface area contributed by atoms with E-state index >= 15 is 0 Å². The minimum absolute atomic E-state index is 0.00206. The molecule has 33 heavy (non-hydrogen) atoms. The zero-order valence-corrected chi connectivity index (χ0v) is 20.0. The van der Waals surface area contributed by atoms with Crippen molar-refractivity contribution in [2.45, 2.75) is 39.0 Å². The van der Waals surface area contributed by atoms with Crippen molar-refractivity contribution in [1.29, 1.82) is 0 Å². The molecule has 170 valence electrons. The lowest BCUT2D eigenvalue weighted by atomic mass is 10.0. The zero-order chi connectivity index (χ0) is 22.9. The smallest absolute Gasteiger partial charge is 0.255 e. The molecule has 0 atom stereocenters. The molecule has 1 aliphatic carbocycles. The fourth-order valence-corrected chi connectivity index (χ4v) is 4.76. The summed E-state index contributed by atoms with van der Waals surface area (Å²) in [7, 11) is 0. The molecule has 0 spiro atoms. The first-order chi connectivity index (χ1) is 16.0. The van der Waals surface area contributed by atoms with E-state index in [1.807, 2.05) is 17.0 Å². The topological polar surface area (TPSA) is 49.3 Å². The highest BCUT2D eigenvalue weighted by Crippen LogP contribution is 2.39. The lowest BCUT2D eigenvalue weighted by Crippen LogP contribution is -2.49. The number of benzene rings is 2. The van der Waals surface area contributed by atoms with E-state index in [1.165, 1.54) is 29.5 Å². The third-order valence-electron chi connectivity index (χ3n) is 6.59. The maximum absolute atomic E-state index is 13.0. The highest BCUT2D eigenvalue weighted by Gasteiger charge is 2.31. The summed E-state index contributed by atoms with van der Waals surface area (Å²) in [4.78, 5) is 27.2. The van der Waals surface area contributed by atoms with E-state index in [0.717, 1.165) is 36.8 Å². The van der Waals surface area contributed by atoms with Crippen LogP contribution in [0.5, 0.6) is 0 Å². The van der Waals surface area contributed by atoms with Gasteiger partial charge in [0.2, 0.25) is 0 Å². The van der Waals surface area contributed by atoms with Crippen LogP contribution >= 0.6 is 11.6 Å². The van der Waals surface area contributed by atoms with Gasteiger partial charge in [-0.2, -0.15) is 0 Å². The molecular formula is C27H29ClN4O. The van der Waals surface area contributed by atoms with Crippen molar-refractivity contribution in [2.75, 3.05) is 31.1 Å². The Balaban J connectivity index is 1.39. The summed E-state index contributed by atoms with van der Waals surface area (Å²) in [5, 5.41) is 0.505. The normalized spacial score (nSPS) is 16.2. The molecule has 1 saturated carbocycles. The molecule has 2 aromatic carbocycles. The van der Waals surface area contributed by atoms with Crippen molar-refractivity contribution >= 4 is 23.3 Å². The predicted octanol–water partition coefficient (Wildman–Crippen LogP) is 5.18. The molecule has 1 amide bonds. The minimum atomic E-state index is -0.00206. The first-order valence-corrected chi connectivity index (χ1v) is 12.1. The van der Waals surface area contributed by atoms with Gasteiger partial charge in [0.05, 0.1) is 10.6 Å². The first-order valence-electron chi connectivity index (χ1n) is 11.7. The van der Waals surface area contributed by atoms with E-state index in [9.17, 15) is 4.79 Å². The molecule has 0 radical (unpaired) electrons. The predicted molar refractivity (Wildman–Crippen MR) is 132 cm³/mol. The summed E-state index contributed by atoms with van der Waals surface area (Å²) in [6.07, 6.45) is 3.17. The van der Waals surface area contributed by atoms with Gasteiger partial charge in [-0.1, -0.05) is 53.6 Å². The molecule has 2 fully saturated rings. The summed E-state index contributed by atoms with van der Waals surface area (Å²) in [6, 6.07) is 15.9. The summed E-state index contributed by atoms with van der Waals surface area (Å²) in [5.74, 6) is 2.51. The zero-order valence-electron chi connectivity index (χ0n) is 19.2. The molecule has 6 heteroatoms. The van der Waals surface area contributed by atoms with Crippen molar-refractivity contribution in [3.05, 3.63) is 87.3 Å². The number of amides is 1. The number of carbonyl (C=O) groups excluding carboxylic acids is 1. The first kappa shape index (κ1) is 21.9. The van der Waals surface area contributed by atoms with Gasteiger partial charge in [0, 0.05) is 49.8 Å². The molecule has 1 aromatic heterocycles. The lowest BCUT2D eigenvalue weighted by molar-refractivity contribution is 0.0746. The Labute approximate surface area is 200 Å². The Morgan fingerprint density at radius 2 is 1.76 bits per heavy atom. The maximum atomic E-state index is 13.0. The SMILES string of the molecule is Cc1cccc(Cc2c(C)nc(C3CC3)nc2N2CCN(C(=O)c3ccccc3Cl)CC2)c1. The number of hydrogen-bond acceptors (Lipinski definition) is 4. The molecule has 0 unspecified atom stereocenters. The van der Waals surface area contributed by atoms with Gasteiger partial charge in [-0.3, -0.25) is 4.79 Å². The fraction of sp³-hybridized carbons (Fsp3) is 0.370.